The highest BCUT2D eigenvalue weighted by molar-refractivity contribution is 6.11. The molecule has 0 unspecified atom stereocenters. The van der Waals surface area contributed by atoms with Crippen LogP contribution in [0.4, 0.5) is 11.5 Å². The van der Waals surface area contributed by atoms with Crippen LogP contribution in [0.5, 0.6) is 0 Å². The zero-order chi connectivity index (χ0) is 21.1. The number of fused-ring (bicyclic) bond motifs is 1. The van der Waals surface area contributed by atoms with E-state index in [1.165, 1.54) is 12.1 Å². The van der Waals surface area contributed by atoms with Gasteiger partial charge in [0.15, 0.2) is 0 Å². The molecular weight excluding hydrogens is 386 g/mol. The number of hydrogen-bond acceptors (Lipinski definition) is 7. The molecule has 1 aromatic heterocycles. The molecular formula is C22H21N3O5. The molecule has 0 spiro atoms. The molecule has 4 rings (SSSR count). The molecule has 0 bridgehead atoms. The molecule has 8 heteroatoms. The Balaban J connectivity index is 2.08. The Morgan fingerprint density at radius 3 is 2.60 bits per heavy atom. The van der Waals surface area contributed by atoms with E-state index in [4.69, 9.17) is 14.5 Å². The maximum Gasteiger partial charge on any atom is 0.342 e. The Labute approximate surface area is 173 Å². The van der Waals surface area contributed by atoms with Crippen molar-refractivity contribution in [2.24, 2.45) is 0 Å². The molecule has 1 saturated heterocycles. The Morgan fingerprint density at radius 1 is 1.20 bits per heavy atom. The predicted octanol–water partition coefficient (Wildman–Crippen LogP) is 3.82. The van der Waals surface area contributed by atoms with Gasteiger partial charge in [-0.1, -0.05) is 30.3 Å². The highest BCUT2D eigenvalue weighted by Crippen LogP contribution is 2.38. The van der Waals surface area contributed by atoms with E-state index in [0.717, 1.165) is 5.56 Å². The van der Waals surface area contributed by atoms with Crippen LogP contribution in [0.25, 0.3) is 22.0 Å². The van der Waals surface area contributed by atoms with Crippen molar-refractivity contribution in [3.63, 3.8) is 0 Å². The van der Waals surface area contributed by atoms with Crippen LogP contribution >= 0.6 is 0 Å². The number of nitro groups is 1. The lowest BCUT2D eigenvalue weighted by Gasteiger charge is -2.30. The van der Waals surface area contributed by atoms with Gasteiger partial charge in [0.1, 0.15) is 11.4 Å². The van der Waals surface area contributed by atoms with Gasteiger partial charge >= 0.3 is 5.97 Å². The van der Waals surface area contributed by atoms with Crippen molar-refractivity contribution in [2.75, 3.05) is 37.8 Å². The number of nitrogens with zero attached hydrogens (tertiary/aromatic N) is 3. The number of carbonyl (C=O) groups is 1. The Bertz CT molecular complexity index is 1090. The molecule has 0 atom stereocenters. The summed E-state index contributed by atoms with van der Waals surface area (Å²) in [6.45, 7) is 4.19. The fourth-order valence-corrected chi connectivity index (χ4v) is 3.66. The first kappa shape index (κ1) is 19.8. The molecule has 0 saturated carbocycles. The number of aromatic nitrogens is 1. The number of non-ortho nitro benzene ring substituents is 1. The molecule has 154 valence electrons. The second kappa shape index (κ2) is 8.46. The zero-order valence-electron chi connectivity index (χ0n) is 16.5. The van der Waals surface area contributed by atoms with Crippen LogP contribution < -0.4 is 4.90 Å². The summed E-state index contributed by atoms with van der Waals surface area (Å²) < 4.78 is 10.8. The fourth-order valence-electron chi connectivity index (χ4n) is 3.66. The van der Waals surface area contributed by atoms with E-state index in [1.54, 1.807) is 13.0 Å². The zero-order valence-corrected chi connectivity index (χ0v) is 16.5. The van der Waals surface area contributed by atoms with Gasteiger partial charge in [-0.2, -0.15) is 0 Å². The van der Waals surface area contributed by atoms with Crippen molar-refractivity contribution in [1.82, 2.24) is 4.98 Å². The van der Waals surface area contributed by atoms with E-state index in [2.05, 4.69) is 0 Å². The number of anilines is 1. The minimum atomic E-state index is -0.501. The second-order valence-electron chi connectivity index (χ2n) is 6.83. The average Bonchev–Trinajstić information content (AvgIpc) is 2.78. The van der Waals surface area contributed by atoms with Gasteiger partial charge in [0, 0.05) is 36.2 Å². The van der Waals surface area contributed by atoms with E-state index in [1.807, 2.05) is 35.2 Å². The van der Waals surface area contributed by atoms with Gasteiger partial charge in [0.25, 0.3) is 5.69 Å². The van der Waals surface area contributed by atoms with Crippen LogP contribution in [0.3, 0.4) is 0 Å². The van der Waals surface area contributed by atoms with Gasteiger partial charge in [-0.15, -0.1) is 0 Å². The smallest absolute Gasteiger partial charge is 0.342 e. The normalized spacial score (nSPS) is 14.0. The predicted molar refractivity (Wildman–Crippen MR) is 113 cm³/mol. The minimum Gasteiger partial charge on any atom is -0.462 e. The maximum absolute atomic E-state index is 13.1. The van der Waals surface area contributed by atoms with Crippen LogP contribution in [-0.4, -0.2) is 48.8 Å². The molecule has 2 heterocycles. The van der Waals surface area contributed by atoms with Gasteiger partial charge in [0.05, 0.1) is 30.3 Å². The highest BCUT2D eigenvalue weighted by Gasteiger charge is 2.28. The summed E-state index contributed by atoms with van der Waals surface area (Å²) in [6.07, 6.45) is 0. The first-order valence-corrected chi connectivity index (χ1v) is 9.77. The summed E-state index contributed by atoms with van der Waals surface area (Å²) in [6, 6.07) is 13.9. The van der Waals surface area contributed by atoms with Gasteiger partial charge < -0.3 is 14.4 Å². The molecule has 1 aliphatic rings. The number of benzene rings is 2. The molecule has 3 aromatic rings. The molecule has 0 amide bonds. The lowest BCUT2D eigenvalue weighted by atomic mass is 9.94. The number of rotatable bonds is 5. The molecule has 8 nitrogen and oxygen atoms in total. The fraction of sp³-hybridized carbons (Fsp3) is 0.273. The molecule has 30 heavy (non-hydrogen) atoms. The van der Waals surface area contributed by atoms with Crippen LogP contribution in [0.2, 0.25) is 0 Å². The number of esters is 1. The molecule has 0 aliphatic carbocycles. The summed E-state index contributed by atoms with van der Waals surface area (Å²) in [5.74, 6) is 0.00991. The number of carbonyl (C=O) groups excluding carboxylic acids is 1. The highest BCUT2D eigenvalue weighted by atomic mass is 16.6. The first-order chi connectivity index (χ1) is 14.6. The van der Waals surface area contributed by atoms with E-state index >= 15 is 0 Å². The Kier molecular flexibility index (Phi) is 5.58. The van der Waals surface area contributed by atoms with Gasteiger partial charge in [0.2, 0.25) is 0 Å². The number of nitro benzene ring substituents is 1. The van der Waals surface area contributed by atoms with Crippen molar-refractivity contribution in [2.45, 2.75) is 6.92 Å². The summed E-state index contributed by atoms with van der Waals surface area (Å²) in [5.41, 5.74) is 2.19. The van der Waals surface area contributed by atoms with E-state index in [0.29, 0.717) is 54.2 Å². The average molecular weight is 407 g/mol. The third kappa shape index (κ3) is 3.69. The largest absolute Gasteiger partial charge is 0.462 e. The molecule has 1 aliphatic heterocycles. The van der Waals surface area contributed by atoms with Crippen LogP contribution in [0.1, 0.15) is 17.3 Å². The van der Waals surface area contributed by atoms with Gasteiger partial charge in [-0.25, -0.2) is 9.78 Å². The Morgan fingerprint density at radius 2 is 1.93 bits per heavy atom. The maximum atomic E-state index is 13.1. The third-order valence-electron chi connectivity index (χ3n) is 5.01. The number of morpholine rings is 1. The van der Waals surface area contributed by atoms with Crippen LogP contribution in [-0.2, 0) is 9.47 Å². The molecule has 0 radical (unpaired) electrons. The molecule has 1 fully saturated rings. The number of ether oxygens (including phenoxy) is 2. The van der Waals surface area contributed by atoms with Crippen LogP contribution in [0, 0.1) is 10.1 Å². The monoisotopic (exact) mass is 407 g/mol. The van der Waals surface area contributed by atoms with Crippen molar-refractivity contribution in [3.05, 3.63) is 64.2 Å². The molecule has 0 N–H and O–H groups in total. The minimum absolute atomic E-state index is 0.0598. The van der Waals surface area contributed by atoms with Crippen molar-refractivity contribution < 1.29 is 19.2 Å². The van der Waals surface area contributed by atoms with Crippen molar-refractivity contribution in [3.8, 4) is 11.1 Å². The summed E-state index contributed by atoms with van der Waals surface area (Å²) in [4.78, 5) is 30.8. The Hall–Kier alpha value is -3.52. The molecule has 2 aromatic carbocycles. The summed E-state index contributed by atoms with van der Waals surface area (Å²) in [7, 11) is 0. The van der Waals surface area contributed by atoms with Crippen molar-refractivity contribution in [1.29, 1.82) is 0 Å². The van der Waals surface area contributed by atoms with E-state index in [-0.39, 0.29) is 12.3 Å². The quantitative estimate of drug-likeness (QED) is 0.360. The summed E-state index contributed by atoms with van der Waals surface area (Å²) >= 11 is 0. The lowest BCUT2D eigenvalue weighted by Crippen LogP contribution is -2.38. The van der Waals surface area contributed by atoms with Crippen LogP contribution in [0.15, 0.2) is 48.5 Å². The topological polar surface area (TPSA) is 94.8 Å². The standard InChI is InChI=1S/C22H21N3O5/c1-2-30-22(26)20-19(15-6-4-3-5-7-15)17-14-16(25(27)28)8-9-18(17)23-21(20)24-10-12-29-13-11-24/h3-9,14H,2,10-13H2,1H3. The van der Waals surface area contributed by atoms with Crippen molar-refractivity contribution >= 4 is 28.4 Å². The third-order valence-corrected chi connectivity index (χ3v) is 5.01. The first-order valence-electron chi connectivity index (χ1n) is 9.77. The van der Waals surface area contributed by atoms with Gasteiger partial charge in [-0.3, -0.25) is 10.1 Å². The summed E-state index contributed by atoms with van der Waals surface area (Å²) in [5, 5.41) is 11.9. The van der Waals surface area contributed by atoms with E-state index in [9.17, 15) is 14.9 Å². The number of pyridine rings is 1. The number of hydrogen-bond donors (Lipinski definition) is 0. The second-order valence-corrected chi connectivity index (χ2v) is 6.83. The SMILES string of the molecule is CCOC(=O)c1c(N2CCOCC2)nc2ccc([N+](=O)[O-])cc2c1-c1ccccc1. The van der Waals surface area contributed by atoms with E-state index < -0.39 is 10.9 Å². The van der Waals surface area contributed by atoms with Gasteiger partial charge in [-0.05, 0) is 18.6 Å². The lowest BCUT2D eigenvalue weighted by molar-refractivity contribution is -0.384.